The van der Waals surface area contributed by atoms with E-state index in [2.05, 4.69) is 41.5 Å². The predicted octanol–water partition coefficient (Wildman–Crippen LogP) is 3.53. The lowest BCUT2D eigenvalue weighted by molar-refractivity contribution is 0.398. The average molecular weight is 282 g/mol. The maximum Gasteiger partial charge on any atom is 0.212 e. The monoisotopic (exact) mass is 282 g/mol. The molecule has 1 N–H and O–H groups in total. The van der Waals surface area contributed by atoms with Crippen LogP contribution < -0.4 is 10.1 Å². The van der Waals surface area contributed by atoms with Gasteiger partial charge in [0.25, 0.3) is 0 Å². The molecule has 3 rings (SSSR count). The molecule has 1 aliphatic heterocycles. The summed E-state index contributed by atoms with van der Waals surface area (Å²) in [6.07, 6.45) is 4.36. The molecule has 3 nitrogen and oxygen atoms in total. The zero-order valence-electron chi connectivity index (χ0n) is 12.7. The summed E-state index contributed by atoms with van der Waals surface area (Å²) in [4.78, 5) is 4.30. The highest BCUT2D eigenvalue weighted by molar-refractivity contribution is 5.67. The van der Waals surface area contributed by atoms with Gasteiger partial charge in [0.1, 0.15) is 0 Å². The van der Waals surface area contributed by atoms with Crippen molar-refractivity contribution < 1.29 is 4.74 Å². The molecule has 21 heavy (non-hydrogen) atoms. The zero-order chi connectivity index (χ0) is 14.7. The number of hydrogen-bond acceptors (Lipinski definition) is 3. The number of aryl methyl sites for hydroxylation is 1. The van der Waals surface area contributed by atoms with Crippen molar-refractivity contribution in [2.45, 2.75) is 25.7 Å². The van der Waals surface area contributed by atoms with Crippen molar-refractivity contribution in [2.24, 2.45) is 0 Å². The van der Waals surface area contributed by atoms with E-state index in [0.717, 1.165) is 18.7 Å². The minimum Gasteiger partial charge on any atom is -0.481 e. The van der Waals surface area contributed by atoms with Crippen molar-refractivity contribution in [1.82, 2.24) is 10.3 Å². The van der Waals surface area contributed by atoms with Gasteiger partial charge in [-0.1, -0.05) is 18.2 Å². The number of piperidine rings is 1. The number of benzene rings is 1. The summed E-state index contributed by atoms with van der Waals surface area (Å²) in [5, 5.41) is 3.43. The van der Waals surface area contributed by atoms with Gasteiger partial charge < -0.3 is 10.1 Å². The molecule has 110 valence electrons. The van der Waals surface area contributed by atoms with Crippen LogP contribution in [0.5, 0.6) is 5.88 Å². The fourth-order valence-corrected chi connectivity index (χ4v) is 3.08. The van der Waals surface area contributed by atoms with Crippen LogP contribution in [0, 0.1) is 6.92 Å². The molecule has 1 fully saturated rings. The predicted molar refractivity (Wildman–Crippen MR) is 85.8 cm³/mol. The van der Waals surface area contributed by atoms with Crippen molar-refractivity contribution in [1.29, 1.82) is 0 Å². The molecule has 0 amide bonds. The lowest BCUT2D eigenvalue weighted by Crippen LogP contribution is -2.26. The standard InChI is InChI=1S/C18H22N2O/c1-13-11-15(14-7-9-19-10-8-14)3-5-17(13)16-4-6-18(21-2)20-12-16/h3-6,11-12,14,19H,7-10H2,1-2H3. The Kier molecular flexibility index (Phi) is 4.20. The van der Waals surface area contributed by atoms with E-state index < -0.39 is 0 Å². The molecule has 1 aliphatic rings. The summed E-state index contributed by atoms with van der Waals surface area (Å²) in [5.74, 6) is 1.36. The number of rotatable bonds is 3. The van der Waals surface area contributed by atoms with Crippen molar-refractivity contribution in [3.63, 3.8) is 0 Å². The second-order valence-electron chi connectivity index (χ2n) is 5.69. The Hall–Kier alpha value is -1.87. The Labute approximate surface area is 126 Å². The van der Waals surface area contributed by atoms with Gasteiger partial charge in [0.2, 0.25) is 5.88 Å². The van der Waals surface area contributed by atoms with Crippen LogP contribution in [0.1, 0.15) is 29.9 Å². The topological polar surface area (TPSA) is 34.1 Å². The number of hydrogen-bond donors (Lipinski definition) is 1. The SMILES string of the molecule is COc1ccc(-c2ccc(C3CCNCC3)cc2C)cn1. The maximum absolute atomic E-state index is 5.12. The second-order valence-corrected chi connectivity index (χ2v) is 5.69. The van der Waals surface area contributed by atoms with E-state index in [1.54, 1.807) is 7.11 Å². The van der Waals surface area contributed by atoms with E-state index in [1.807, 2.05) is 12.3 Å². The highest BCUT2D eigenvalue weighted by atomic mass is 16.5. The number of ether oxygens (including phenoxy) is 1. The minimum absolute atomic E-state index is 0.655. The van der Waals surface area contributed by atoms with Crippen molar-refractivity contribution in [3.05, 3.63) is 47.7 Å². The largest absolute Gasteiger partial charge is 0.481 e. The molecule has 0 spiro atoms. The Morgan fingerprint density at radius 3 is 2.57 bits per heavy atom. The third-order valence-electron chi connectivity index (χ3n) is 4.32. The molecule has 2 heterocycles. The highest BCUT2D eigenvalue weighted by Crippen LogP contribution is 2.30. The van der Waals surface area contributed by atoms with Crippen LogP contribution in [0.3, 0.4) is 0 Å². The molecule has 0 radical (unpaired) electrons. The van der Waals surface area contributed by atoms with E-state index in [-0.39, 0.29) is 0 Å². The molecule has 0 bridgehead atoms. The number of nitrogens with zero attached hydrogens (tertiary/aromatic N) is 1. The average Bonchev–Trinajstić information content (AvgIpc) is 2.56. The molecular formula is C18H22N2O. The molecule has 0 saturated carbocycles. The van der Waals surface area contributed by atoms with Crippen LogP contribution in [0.25, 0.3) is 11.1 Å². The summed E-state index contributed by atoms with van der Waals surface area (Å²) in [6, 6.07) is 10.8. The zero-order valence-corrected chi connectivity index (χ0v) is 12.7. The van der Waals surface area contributed by atoms with Gasteiger partial charge in [0.05, 0.1) is 7.11 Å². The first-order chi connectivity index (χ1) is 10.3. The second kappa shape index (κ2) is 6.27. The molecule has 0 unspecified atom stereocenters. The molecule has 3 heteroatoms. The third kappa shape index (κ3) is 3.08. The Balaban J connectivity index is 1.86. The van der Waals surface area contributed by atoms with Gasteiger partial charge in [0.15, 0.2) is 0 Å². The van der Waals surface area contributed by atoms with Gasteiger partial charge in [-0.3, -0.25) is 0 Å². The first-order valence-electron chi connectivity index (χ1n) is 7.59. The summed E-state index contributed by atoms with van der Waals surface area (Å²) in [7, 11) is 1.64. The molecule has 2 aromatic rings. The van der Waals surface area contributed by atoms with E-state index >= 15 is 0 Å². The first kappa shape index (κ1) is 14.1. The van der Waals surface area contributed by atoms with Gasteiger partial charge in [-0.05, 0) is 61.5 Å². The quantitative estimate of drug-likeness (QED) is 0.935. The van der Waals surface area contributed by atoms with Gasteiger partial charge in [0, 0.05) is 17.8 Å². The lowest BCUT2D eigenvalue weighted by atomic mass is 9.87. The van der Waals surface area contributed by atoms with Crippen LogP contribution in [0.15, 0.2) is 36.5 Å². The van der Waals surface area contributed by atoms with Crippen LogP contribution in [-0.2, 0) is 0 Å². The smallest absolute Gasteiger partial charge is 0.212 e. The van der Waals surface area contributed by atoms with E-state index in [0.29, 0.717) is 11.8 Å². The van der Waals surface area contributed by atoms with Gasteiger partial charge in [-0.2, -0.15) is 0 Å². The fourth-order valence-electron chi connectivity index (χ4n) is 3.08. The number of pyridine rings is 1. The van der Waals surface area contributed by atoms with Gasteiger partial charge in [-0.25, -0.2) is 4.98 Å². The number of nitrogens with one attached hydrogen (secondary N) is 1. The summed E-state index contributed by atoms with van der Waals surface area (Å²) >= 11 is 0. The third-order valence-corrected chi connectivity index (χ3v) is 4.32. The molecule has 1 aromatic heterocycles. The van der Waals surface area contributed by atoms with E-state index in [4.69, 9.17) is 4.74 Å². The van der Waals surface area contributed by atoms with Gasteiger partial charge >= 0.3 is 0 Å². The Morgan fingerprint density at radius 2 is 1.95 bits per heavy atom. The molecule has 1 aromatic carbocycles. The van der Waals surface area contributed by atoms with Crippen LogP contribution >= 0.6 is 0 Å². The highest BCUT2D eigenvalue weighted by Gasteiger charge is 2.16. The first-order valence-corrected chi connectivity index (χ1v) is 7.59. The summed E-state index contributed by atoms with van der Waals surface area (Å²) < 4.78 is 5.12. The van der Waals surface area contributed by atoms with Crippen LogP contribution in [-0.4, -0.2) is 25.2 Å². The van der Waals surface area contributed by atoms with E-state index in [9.17, 15) is 0 Å². The van der Waals surface area contributed by atoms with Crippen LogP contribution in [0.4, 0.5) is 0 Å². The van der Waals surface area contributed by atoms with Crippen LogP contribution in [0.2, 0.25) is 0 Å². The van der Waals surface area contributed by atoms with Gasteiger partial charge in [-0.15, -0.1) is 0 Å². The van der Waals surface area contributed by atoms with E-state index in [1.165, 1.54) is 29.5 Å². The normalized spacial score (nSPS) is 15.9. The Bertz CT molecular complexity index is 601. The Morgan fingerprint density at radius 1 is 1.14 bits per heavy atom. The number of aromatic nitrogens is 1. The number of methoxy groups -OCH3 is 1. The molecule has 0 atom stereocenters. The summed E-state index contributed by atoms with van der Waals surface area (Å²) in [5.41, 5.74) is 5.19. The lowest BCUT2D eigenvalue weighted by Gasteiger charge is -2.23. The fraction of sp³-hybridized carbons (Fsp3) is 0.389. The molecular weight excluding hydrogens is 260 g/mol. The van der Waals surface area contributed by atoms with Crippen molar-refractivity contribution >= 4 is 0 Å². The molecule has 0 aliphatic carbocycles. The minimum atomic E-state index is 0.655. The van der Waals surface area contributed by atoms with Crippen molar-refractivity contribution in [2.75, 3.05) is 20.2 Å². The maximum atomic E-state index is 5.12. The summed E-state index contributed by atoms with van der Waals surface area (Å²) in [6.45, 7) is 4.45. The molecule has 1 saturated heterocycles. The van der Waals surface area contributed by atoms with Crippen molar-refractivity contribution in [3.8, 4) is 17.0 Å².